The zero-order valence-electron chi connectivity index (χ0n) is 37.4. The summed E-state index contributed by atoms with van der Waals surface area (Å²) in [5, 5.41) is 7.43. The minimum absolute atomic E-state index is 0.899. The molecular formula is C54H41B7N2O. The van der Waals surface area contributed by atoms with Crippen LogP contribution in [-0.4, -0.2) is 64.1 Å². The Hall–Kier alpha value is -7.17. The first kappa shape index (κ1) is 38.5. The molecule has 3 nitrogen and oxygen atoms in total. The number of hydrogen-bond donors (Lipinski definition) is 0. The molecule has 0 atom stereocenters. The molecule has 3 aromatic heterocycles. The molecular weight excluding hydrogens is 768 g/mol. The van der Waals surface area contributed by atoms with Crippen molar-refractivity contribution in [3.8, 4) is 44.8 Å². The maximum absolute atomic E-state index is 6.30. The van der Waals surface area contributed by atoms with Crippen molar-refractivity contribution >= 4 is 159 Å². The molecule has 0 aliphatic carbocycles. The first-order valence-electron chi connectivity index (χ1n) is 22.4. The molecule has 0 aliphatic heterocycles. The highest BCUT2D eigenvalue weighted by Gasteiger charge is 2.26. The fraction of sp³-hybridized carbons (Fsp3) is 0. The number of benzene rings is 9. The van der Waals surface area contributed by atoms with Gasteiger partial charge in [-0.1, -0.05) is 148 Å². The molecule has 0 fully saturated rings. The van der Waals surface area contributed by atoms with Crippen LogP contribution in [0.15, 0.2) is 168 Å². The fourth-order valence-electron chi connectivity index (χ4n) is 11.1. The molecule has 0 spiro atoms. The summed E-state index contributed by atoms with van der Waals surface area (Å²) in [5.74, 6) is 0. The van der Waals surface area contributed by atoms with Gasteiger partial charge in [-0.15, -0.1) is 5.46 Å². The number of para-hydroxylation sites is 2. The topological polar surface area (TPSA) is 23.0 Å². The van der Waals surface area contributed by atoms with E-state index in [-0.39, 0.29) is 0 Å². The highest BCUT2D eigenvalue weighted by molar-refractivity contribution is 6.69. The van der Waals surface area contributed by atoms with E-state index in [1.54, 1.807) is 0 Å². The first-order chi connectivity index (χ1) is 31.2. The molecule has 0 saturated heterocycles. The van der Waals surface area contributed by atoms with Gasteiger partial charge < -0.3 is 13.6 Å². The van der Waals surface area contributed by atoms with Crippen LogP contribution < -0.4 is 38.2 Å². The lowest BCUT2D eigenvalue weighted by Gasteiger charge is -2.20. The van der Waals surface area contributed by atoms with Crippen LogP contribution in [0, 0.1) is 0 Å². The third-order valence-corrected chi connectivity index (χ3v) is 14.6. The largest absolute Gasteiger partial charge is 0.456 e. The Balaban J connectivity index is 1.17. The van der Waals surface area contributed by atoms with Crippen LogP contribution in [0.3, 0.4) is 0 Å². The van der Waals surface area contributed by atoms with Gasteiger partial charge in [-0.25, -0.2) is 0 Å². The molecule has 0 N–H and O–H groups in total. The van der Waals surface area contributed by atoms with Crippen molar-refractivity contribution in [2.75, 3.05) is 0 Å². The van der Waals surface area contributed by atoms with Crippen LogP contribution in [0.2, 0.25) is 0 Å². The van der Waals surface area contributed by atoms with Gasteiger partial charge in [0, 0.05) is 49.2 Å². The van der Waals surface area contributed by atoms with E-state index in [4.69, 9.17) is 4.42 Å². The Morgan fingerprint density at radius 3 is 1.72 bits per heavy atom. The zero-order chi connectivity index (χ0) is 43.5. The van der Waals surface area contributed by atoms with Gasteiger partial charge >= 0.3 is 0 Å². The van der Waals surface area contributed by atoms with Gasteiger partial charge in [0.1, 0.15) is 66.1 Å². The molecule has 12 rings (SSSR count). The molecule has 0 radical (unpaired) electrons. The third kappa shape index (κ3) is 5.45. The average Bonchev–Trinajstić information content (AvgIpc) is 4.01. The Labute approximate surface area is 379 Å². The SMILES string of the molecule is Bc1c(B)c(B)c2c(c1B)c1c(B)c(-c3ccc4c(c3)c3c(-c5ccccc5)cccc3n4-c3ccc4oc5ccccc5c4c3)c(B)c(B)c1n2-c1ccccc1-c1ccccc1. The number of furan rings is 1. The van der Waals surface area contributed by atoms with Gasteiger partial charge in [-0.05, 0) is 81.7 Å². The second-order valence-corrected chi connectivity index (χ2v) is 17.8. The second kappa shape index (κ2) is 14.4. The number of nitrogens with zero attached hydrogens (tertiary/aromatic N) is 2. The van der Waals surface area contributed by atoms with Crippen molar-refractivity contribution in [1.29, 1.82) is 0 Å². The first-order valence-corrected chi connectivity index (χ1v) is 22.4. The van der Waals surface area contributed by atoms with Crippen LogP contribution >= 0.6 is 0 Å². The molecule has 294 valence electrons. The molecule has 0 amide bonds. The van der Waals surface area contributed by atoms with Gasteiger partial charge in [-0.2, -0.15) is 0 Å². The monoisotopic (exact) mass is 810 g/mol. The maximum Gasteiger partial charge on any atom is 0.141 e. The third-order valence-electron chi connectivity index (χ3n) is 14.6. The van der Waals surface area contributed by atoms with Crippen molar-refractivity contribution in [3.63, 3.8) is 0 Å². The smallest absolute Gasteiger partial charge is 0.141 e. The van der Waals surface area contributed by atoms with E-state index in [1.165, 1.54) is 121 Å². The van der Waals surface area contributed by atoms with Gasteiger partial charge in [0.05, 0.1) is 16.7 Å². The standard InChI is InChI=1S/C54H41B7N2O/c55-46-42(47(56)51(60)53-44(46)45-48(57)49(58)50(59)52(61)54(45)63(53)37-19-9-7-16-32(37)28-12-3-1-4-13-28)30-22-24-38-36(26-30)43-33(29-14-5-2-6-15-29)18-11-20-39(43)62(38)31-23-25-41-35(27-31)34-17-8-10-21-40(34)64-41/h1-27H,55-61H2. The Bertz CT molecular complexity index is 3930. The molecule has 0 unspecified atom stereocenters. The summed E-state index contributed by atoms with van der Waals surface area (Å²) in [6.45, 7) is 0. The number of fused-ring (bicyclic) bond motifs is 9. The van der Waals surface area contributed by atoms with E-state index in [9.17, 15) is 0 Å². The maximum atomic E-state index is 6.30. The summed E-state index contributed by atoms with van der Waals surface area (Å²) < 4.78 is 11.3. The zero-order valence-corrected chi connectivity index (χ0v) is 37.4. The van der Waals surface area contributed by atoms with Crippen molar-refractivity contribution < 1.29 is 4.42 Å². The average molecular weight is 810 g/mol. The lowest BCUT2D eigenvalue weighted by Crippen LogP contribution is -2.48. The summed E-state index contributed by atoms with van der Waals surface area (Å²) in [5.41, 5.74) is 25.8. The van der Waals surface area contributed by atoms with E-state index in [1.807, 2.05) is 6.07 Å². The summed E-state index contributed by atoms with van der Waals surface area (Å²) in [6, 6.07) is 59.6. The van der Waals surface area contributed by atoms with Crippen molar-refractivity contribution in [3.05, 3.63) is 164 Å². The van der Waals surface area contributed by atoms with Gasteiger partial charge in [0.25, 0.3) is 0 Å². The predicted molar refractivity (Wildman–Crippen MR) is 296 cm³/mol. The highest BCUT2D eigenvalue weighted by Crippen LogP contribution is 2.42. The van der Waals surface area contributed by atoms with Crippen LogP contribution in [-0.2, 0) is 0 Å². The molecule has 64 heavy (non-hydrogen) atoms. The van der Waals surface area contributed by atoms with Crippen LogP contribution in [0.25, 0.3) is 110 Å². The summed E-state index contributed by atoms with van der Waals surface area (Å²) in [7, 11) is 16.3. The van der Waals surface area contributed by atoms with E-state index in [0.29, 0.717) is 0 Å². The normalized spacial score (nSPS) is 11.9. The summed E-state index contributed by atoms with van der Waals surface area (Å²) >= 11 is 0. The predicted octanol–water partition coefficient (Wildman–Crippen LogP) is 2.59. The molecule has 10 heteroatoms. The second-order valence-electron chi connectivity index (χ2n) is 17.8. The minimum Gasteiger partial charge on any atom is -0.456 e. The molecule has 0 aliphatic rings. The lowest BCUT2D eigenvalue weighted by atomic mass is 9.64. The highest BCUT2D eigenvalue weighted by atomic mass is 16.3. The minimum atomic E-state index is 0.899. The van der Waals surface area contributed by atoms with E-state index in [2.05, 4.69) is 222 Å². The van der Waals surface area contributed by atoms with Crippen molar-refractivity contribution in [2.24, 2.45) is 0 Å². The van der Waals surface area contributed by atoms with Gasteiger partial charge in [0.2, 0.25) is 0 Å². The van der Waals surface area contributed by atoms with Gasteiger partial charge in [-0.3, -0.25) is 0 Å². The van der Waals surface area contributed by atoms with E-state index >= 15 is 0 Å². The number of aromatic nitrogens is 2. The number of hydrogen-bond acceptors (Lipinski definition) is 1. The van der Waals surface area contributed by atoms with E-state index < -0.39 is 0 Å². The van der Waals surface area contributed by atoms with Crippen molar-refractivity contribution in [1.82, 2.24) is 9.13 Å². The lowest BCUT2D eigenvalue weighted by molar-refractivity contribution is 0.669. The van der Waals surface area contributed by atoms with Crippen LogP contribution in [0.1, 0.15) is 0 Å². The van der Waals surface area contributed by atoms with Crippen LogP contribution in [0.5, 0.6) is 0 Å². The fourth-order valence-corrected chi connectivity index (χ4v) is 11.1. The quantitative estimate of drug-likeness (QED) is 0.246. The van der Waals surface area contributed by atoms with E-state index in [0.717, 1.165) is 27.6 Å². The molecule has 0 bridgehead atoms. The van der Waals surface area contributed by atoms with Gasteiger partial charge in [0.15, 0.2) is 0 Å². The Morgan fingerprint density at radius 1 is 0.344 bits per heavy atom. The number of rotatable bonds is 5. The molecule has 9 aromatic carbocycles. The Morgan fingerprint density at radius 2 is 0.953 bits per heavy atom. The molecule has 3 heterocycles. The summed E-state index contributed by atoms with van der Waals surface area (Å²) in [6.07, 6.45) is 0. The molecule has 12 aromatic rings. The van der Waals surface area contributed by atoms with Crippen LogP contribution in [0.4, 0.5) is 0 Å². The van der Waals surface area contributed by atoms with Crippen molar-refractivity contribution in [2.45, 2.75) is 0 Å². The Kier molecular flexibility index (Phi) is 8.69. The molecule has 0 saturated carbocycles. The summed E-state index contributed by atoms with van der Waals surface area (Å²) in [4.78, 5) is 0.